The van der Waals surface area contributed by atoms with Crippen molar-refractivity contribution in [2.45, 2.75) is 6.18 Å². The third-order valence-electron chi connectivity index (χ3n) is 4.60. The molecule has 166 valence electrons. The van der Waals surface area contributed by atoms with E-state index in [9.17, 15) is 18.0 Å². The maximum absolute atomic E-state index is 12.9. The highest BCUT2D eigenvalue weighted by Gasteiger charge is 2.30. The Morgan fingerprint density at radius 3 is 2.55 bits per heavy atom. The highest BCUT2D eigenvalue weighted by Crippen LogP contribution is 2.32. The van der Waals surface area contributed by atoms with Gasteiger partial charge in [-0.3, -0.25) is 4.79 Å². The van der Waals surface area contributed by atoms with Crippen LogP contribution < -0.4 is 10.6 Å². The third kappa shape index (κ3) is 5.27. The Morgan fingerprint density at radius 2 is 1.79 bits per heavy atom. The Labute approximate surface area is 191 Å². The molecule has 0 saturated carbocycles. The maximum Gasteiger partial charge on any atom is 0.416 e. The lowest BCUT2D eigenvalue weighted by atomic mass is 10.1. The zero-order chi connectivity index (χ0) is 23.4. The average molecular weight is 470 g/mol. The van der Waals surface area contributed by atoms with Crippen molar-refractivity contribution in [1.29, 1.82) is 0 Å². The number of alkyl halides is 3. The van der Waals surface area contributed by atoms with E-state index in [0.717, 1.165) is 12.1 Å². The first-order valence-electron chi connectivity index (χ1n) is 9.58. The van der Waals surface area contributed by atoms with E-state index in [4.69, 9.17) is 11.6 Å². The summed E-state index contributed by atoms with van der Waals surface area (Å²) in [6.45, 7) is 0. The SMILES string of the molecule is O=C(Nc1cccc(C(F)(F)F)c1)c1ccc(Cl)c(Nc2ncccc2-c2ccncn2)c1. The molecule has 0 radical (unpaired) electrons. The standard InChI is InChI=1S/C23H15ClF3N5O/c24-18-7-6-14(22(33)31-16-4-1-3-15(12-16)23(25,26)27)11-20(18)32-21-17(5-2-9-29-21)19-8-10-28-13-30-19/h1-13H,(H,29,32)(H,31,33). The highest BCUT2D eigenvalue weighted by molar-refractivity contribution is 6.33. The summed E-state index contributed by atoms with van der Waals surface area (Å²) < 4.78 is 38.8. The van der Waals surface area contributed by atoms with E-state index in [0.29, 0.717) is 27.8 Å². The zero-order valence-electron chi connectivity index (χ0n) is 16.8. The number of aromatic nitrogens is 3. The number of halogens is 4. The molecule has 0 fully saturated rings. The second-order valence-corrected chi connectivity index (χ2v) is 7.25. The van der Waals surface area contributed by atoms with Crippen LogP contribution in [0, 0.1) is 0 Å². The zero-order valence-corrected chi connectivity index (χ0v) is 17.5. The first-order chi connectivity index (χ1) is 15.8. The largest absolute Gasteiger partial charge is 0.416 e. The molecule has 0 aliphatic carbocycles. The summed E-state index contributed by atoms with van der Waals surface area (Å²) in [5.41, 5.74) is 1.08. The molecule has 0 unspecified atom stereocenters. The van der Waals surface area contributed by atoms with Gasteiger partial charge in [0.1, 0.15) is 12.1 Å². The van der Waals surface area contributed by atoms with Crippen molar-refractivity contribution in [3.63, 3.8) is 0 Å². The molecule has 2 heterocycles. The molecule has 4 rings (SSSR count). The van der Waals surface area contributed by atoms with Crippen molar-refractivity contribution >= 4 is 34.7 Å². The quantitative estimate of drug-likeness (QED) is 0.363. The Morgan fingerprint density at radius 1 is 0.939 bits per heavy atom. The fraction of sp³-hybridized carbons (Fsp3) is 0.0435. The number of rotatable bonds is 5. The van der Waals surface area contributed by atoms with Crippen molar-refractivity contribution < 1.29 is 18.0 Å². The molecule has 0 bridgehead atoms. The van der Waals surface area contributed by atoms with Crippen molar-refractivity contribution in [1.82, 2.24) is 15.0 Å². The molecule has 4 aromatic rings. The number of hydrogen-bond acceptors (Lipinski definition) is 5. The minimum atomic E-state index is -4.51. The minimum absolute atomic E-state index is 0.0232. The van der Waals surface area contributed by atoms with Crippen LogP contribution in [0.15, 0.2) is 79.4 Å². The summed E-state index contributed by atoms with van der Waals surface area (Å²) in [5.74, 6) is -0.139. The average Bonchev–Trinajstić information content (AvgIpc) is 2.81. The van der Waals surface area contributed by atoms with Crippen LogP contribution >= 0.6 is 11.6 Å². The van der Waals surface area contributed by atoms with Crippen LogP contribution in [0.1, 0.15) is 15.9 Å². The van der Waals surface area contributed by atoms with Crippen LogP contribution in [0.3, 0.4) is 0 Å². The lowest BCUT2D eigenvalue weighted by molar-refractivity contribution is -0.137. The van der Waals surface area contributed by atoms with Crippen molar-refractivity contribution in [2.75, 3.05) is 10.6 Å². The second-order valence-electron chi connectivity index (χ2n) is 6.85. The number of anilines is 3. The molecule has 10 heteroatoms. The number of carbonyl (C=O) groups is 1. The summed E-state index contributed by atoms with van der Waals surface area (Å²) in [4.78, 5) is 25.1. The Hall–Kier alpha value is -3.98. The van der Waals surface area contributed by atoms with Gasteiger partial charge in [0, 0.05) is 29.2 Å². The summed E-state index contributed by atoms with van der Waals surface area (Å²) in [7, 11) is 0. The topological polar surface area (TPSA) is 79.8 Å². The molecular weight excluding hydrogens is 455 g/mol. The van der Waals surface area contributed by atoms with Gasteiger partial charge in [-0.05, 0) is 54.6 Å². The predicted octanol–water partition coefficient (Wildman–Crippen LogP) is 6.21. The number of carbonyl (C=O) groups excluding carboxylic acids is 1. The van der Waals surface area contributed by atoms with Crippen molar-refractivity contribution in [3.8, 4) is 11.3 Å². The molecule has 0 aliphatic heterocycles. The van der Waals surface area contributed by atoms with Gasteiger partial charge in [0.25, 0.3) is 5.91 Å². The molecule has 0 aliphatic rings. The Kier molecular flexibility index (Phi) is 6.23. The molecule has 0 spiro atoms. The van der Waals surface area contributed by atoms with Crippen LogP contribution in [-0.4, -0.2) is 20.9 Å². The second kappa shape index (κ2) is 9.25. The van der Waals surface area contributed by atoms with Crippen LogP contribution in [0.5, 0.6) is 0 Å². The van der Waals surface area contributed by atoms with Crippen LogP contribution in [0.25, 0.3) is 11.3 Å². The van der Waals surface area contributed by atoms with E-state index in [1.807, 2.05) is 6.07 Å². The van der Waals surface area contributed by atoms with Gasteiger partial charge in [-0.2, -0.15) is 13.2 Å². The minimum Gasteiger partial charge on any atom is -0.338 e. The fourth-order valence-corrected chi connectivity index (χ4v) is 3.19. The first-order valence-corrected chi connectivity index (χ1v) is 9.95. The lowest BCUT2D eigenvalue weighted by Crippen LogP contribution is -2.13. The summed E-state index contributed by atoms with van der Waals surface area (Å²) in [6, 6.07) is 14.2. The smallest absolute Gasteiger partial charge is 0.338 e. The number of nitrogens with one attached hydrogen (secondary N) is 2. The monoisotopic (exact) mass is 469 g/mol. The summed E-state index contributed by atoms with van der Waals surface area (Å²) in [6.07, 6.45) is 0.0932. The summed E-state index contributed by atoms with van der Waals surface area (Å²) in [5, 5.41) is 5.90. The molecule has 0 atom stereocenters. The number of benzene rings is 2. The predicted molar refractivity (Wildman–Crippen MR) is 119 cm³/mol. The first kappa shape index (κ1) is 22.2. The lowest BCUT2D eigenvalue weighted by Gasteiger charge is -2.13. The van der Waals surface area contributed by atoms with Gasteiger partial charge in [-0.1, -0.05) is 17.7 Å². The Balaban J connectivity index is 1.59. The molecule has 2 aromatic carbocycles. The van der Waals surface area contributed by atoms with Gasteiger partial charge in [0.2, 0.25) is 0 Å². The number of nitrogens with zero attached hydrogens (tertiary/aromatic N) is 3. The molecule has 1 amide bonds. The van der Waals surface area contributed by atoms with E-state index < -0.39 is 17.6 Å². The van der Waals surface area contributed by atoms with Gasteiger partial charge in [0.15, 0.2) is 0 Å². The van der Waals surface area contributed by atoms with Gasteiger partial charge in [-0.25, -0.2) is 15.0 Å². The van der Waals surface area contributed by atoms with Crippen LogP contribution in [0.2, 0.25) is 5.02 Å². The number of hydrogen-bond donors (Lipinski definition) is 2. The van der Waals surface area contributed by atoms with E-state index >= 15 is 0 Å². The van der Waals surface area contributed by atoms with Gasteiger partial charge < -0.3 is 10.6 Å². The van der Waals surface area contributed by atoms with Gasteiger partial charge >= 0.3 is 6.18 Å². The van der Waals surface area contributed by atoms with E-state index in [1.165, 1.54) is 36.7 Å². The maximum atomic E-state index is 12.9. The van der Waals surface area contributed by atoms with Gasteiger partial charge in [-0.15, -0.1) is 0 Å². The van der Waals surface area contributed by atoms with Crippen LogP contribution in [-0.2, 0) is 6.18 Å². The molecule has 2 aromatic heterocycles. The van der Waals surface area contributed by atoms with E-state index in [2.05, 4.69) is 25.6 Å². The molecule has 6 nitrogen and oxygen atoms in total. The van der Waals surface area contributed by atoms with Crippen LogP contribution in [0.4, 0.5) is 30.4 Å². The molecular formula is C23H15ClF3N5O. The number of amides is 1. The number of pyridine rings is 1. The highest BCUT2D eigenvalue weighted by atomic mass is 35.5. The van der Waals surface area contributed by atoms with Gasteiger partial charge in [0.05, 0.1) is 22.0 Å². The third-order valence-corrected chi connectivity index (χ3v) is 4.92. The van der Waals surface area contributed by atoms with Crippen molar-refractivity contribution in [2.24, 2.45) is 0 Å². The van der Waals surface area contributed by atoms with E-state index in [1.54, 1.807) is 24.5 Å². The summed E-state index contributed by atoms with van der Waals surface area (Å²) >= 11 is 6.31. The normalized spacial score (nSPS) is 11.2. The van der Waals surface area contributed by atoms with Crippen molar-refractivity contribution in [3.05, 3.63) is 95.5 Å². The van der Waals surface area contributed by atoms with E-state index in [-0.39, 0.29) is 11.3 Å². The Bertz CT molecular complexity index is 1300. The molecule has 33 heavy (non-hydrogen) atoms. The fourth-order valence-electron chi connectivity index (χ4n) is 3.03. The molecule has 0 saturated heterocycles. The molecule has 2 N–H and O–H groups in total.